The Balaban J connectivity index is 0.000000671. The molecule has 0 amide bonds. The lowest BCUT2D eigenvalue weighted by Gasteiger charge is -2.19. The van der Waals surface area contributed by atoms with Crippen molar-refractivity contribution in [3.8, 4) is 0 Å². The van der Waals surface area contributed by atoms with E-state index in [0.29, 0.717) is 0 Å². The van der Waals surface area contributed by atoms with Crippen LogP contribution in [0.2, 0.25) is 0 Å². The summed E-state index contributed by atoms with van der Waals surface area (Å²) < 4.78 is 25.8. The lowest BCUT2D eigenvalue weighted by atomic mass is 10.3. The van der Waals surface area contributed by atoms with Crippen molar-refractivity contribution in [2.45, 2.75) is 19.8 Å². The average Bonchev–Trinajstić information content (AvgIpc) is 2.12. The average molecular weight is 194 g/mol. The summed E-state index contributed by atoms with van der Waals surface area (Å²) in [5.74, 6) is -2.54. The lowest BCUT2D eigenvalue weighted by Crippen LogP contribution is -2.37. The maximum atomic E-state index is 12.9. The fraction of sp³-hybridized carbons (Fsp3) is 1.00. The smallest absolute Gasteiger partial charge is 0.272 e. The SMILES string of the molecule is CC.CN1CCN(C)CC(F)(F)C1. The predicted octanol–water partition coefficient (Wildman–Crippen LogP) is 1.53. The summed E-state index contributed by atoms with van der Waals surface area (Å²) in [6.07, 6.45) is 0. The van der Waals surface area contributed by atoms with E-state index in [0.717, 1.165) is 13.1 Å². The van der Waals surface area contributed by atoms with Gasteiger partial charge in [0.25, 0.3) is 5.92 Å². The maximum Gasteiger partial charge on any atom is 0.272 e. The van der Waals surface area contributed by atoms with Gasteiger partial charge >= 0.3 is 0 Å². The Bertz CT molecular complexity index is 126. The van der Waals surface area contributed by atoms with Gasteiger partial charge in [-0.25, -0.2) is 8.78 Å². The molecule has 0 radical (unpaired) electrons. The monoisotopic (exact) mass is 194 g/mol. The Hall–Kier alpha value is -0.220. The summed E-state index contributed by atoms with van der Waals surface area (Å²) in [4.78, 5) is 3.34. The topological polar surface area (TPSA) is 6.48 Å². The summed E-state index contributed by atoms with van der Waals surface area (Å²) in [6.45, 7) is 5.23. The van der Waals surface area contributed by atoms with Crippen LogP contribution in [0.3, 0.4) is 0 Å². The molecule has 1 rings (SSSR count). The van der Waals surface area contributed by atoms with Crippen LogP contribution in [0.4, 0.5) is 8.78 Å². The Kier molecular flexibility index (Phi) is 5.40. The van der Waals surface area contributed by atoms with Gasteiger partial charge in [-0.15, -0.1) is 0 Å². The molecule has 13 heavy (non-hydrogen) atoms. The van der Waals surface area contributed by atoms with E-state index >= 15 is 0 Å². The van der Waals surface area contributed by atoms with Gasteiger partial charge in [0.2, 0.25) is 0 Å². The second kappa shape index (κ2) is 5.50. The molecule has 0 unspecified atom stereocenters. The molecule has 0 atom stereocenters. The molecule has 1 aliphatic heterocycles. The minimum absolute atomic E-state index is 0.114. The molecule has 1 saturated heterocycles. The summed E-state index contributed by atoms with van der Waals surface area (Å²) in [7, 11) is 3.46. The van der Waals surface area contributed by atoms with E-state index in [2.05, 4.69) is 0 Å². The molecule has 0 spiro atoms. The standard InChI is InChI=1S/C7H14F2N2.C2H6/c1-10-3-4-11(2)6-7(8,9)5-10;1-2/h3-6H2,1-2H3;1-2H3. The van der Waals surface area contributed by atoms with Gasteiger partial charge in [0, 0.05) is 13.1 Å². The van der Waals surface area contributed by atoms with Crippen LogP contribution in [-0.4, -0.2) is 56.0 Å². The molecule has 0 aromatic carbocycles. The van der Waals surface area contributed by atoms with E-state index in [1.54, 1.807) is 23.9 Å². The Morgan fingerprint density at radius 2 is 1.23 bits per heavy atom. The molecular weight excluding hydrogens is 174 g/mol. The molecule has 1 aliphatic rings. The van der Waals surface area contributed by atoms with Crippen molar-refractivity contribution in [1.82, 2.24) is 9.80 Å². The molecule has 0 aromatic rings. The number of nitrogens with zero attached hydrogens (tertiary/aromatic N) is 2. The van der Waals surface area contributed by atoms with Crippen molar-refractivity contribution in [1.29, 1.82) is 0 Å². The molecule has 0 aromatic heterocycles. The highest BCUT2D eigenvalue weighted by molar-refractivity contribution is 4.78. The van der Waals surface area contributed by atoms with Crippen molar-refractivity contribution < 1.29 is 8.78 Å². The summed E-state index contributed by atoms with van der Waals surface area (Å²) in [5.41, 5.74) is 0. The van der Waals surface area contributed by atoms with Crippen LogP contribution in [0.15, 0.2) is 0 Å². The Labute approximate surface area is 79.5 Å². The van der Waals surface area contributed by atoms with Gasteiger partial charge in [-0.05, 0) is 14.1 Å². The minimum atomic E-state index is -2.54. The first-order chi connectivity index (χ1) is 5.99. The van der Waals surface area contributed by atoms with E-state index in [1.807, 2.05) is 13.8 Å². The highest BCUT2D eigenvalue weighted by atomic mass is 19.3. The number of rotatable bonds is 0. The lowest BCUT2D eigenvalue weighted by molar-refractivity contribution is -0.0303. The van der Waals surface area contributed by atoms with Gasteiger partial charge in [-0.1, -0.05) is 13.8 Å². The van der Waals surface area contributed by atoms with Crippen LogP contribution < -0.4 is 0 Å². The van der Waals surface area contributed by atoms with Crippen molar-refractivity contribution in [3.05, 3.63) is 0 Å². The molecule has 1 heterocycles. The first-order valence-electron chi connectivity index (χ1n) is 4.74. The molecule has 0 saturated carbocycles. The zero-order valence-electron chi connectivity index (χ0n) is 8.98. The Morgan fingerprint density at radius 3 is 1.54 bits per heavy atom. The van der Waals surface area contributed by atoms with Gasteiger partial charge in [-0.3, -0.25) is 9.80 Å². The largest absolute Gasteiger partial charge is 0.299 e. The van der Waals surface area contributed by atoms with E-state index < -0.39 is 5.92 Å². The summed E-state index contributed by atoms with van der Waals surface area (Å²) >= 11 is 0. The molecule has 80 valence electrons. The second-order valence-electron chi connectivity index (χ2n) is 3.33. The van der Waals surface area contributed by atoms with E-state index in [9.17, 15) is 8.78 Å². The van der Waals surface area contributed by atoms with Gasteiger partial charge in [-0.2, -0.15) is 0 Å². The van der Waals surface area contributed by atoms with Gasteiger partial charge < -0.3 is 0 Å². The molecule has 0 aliphatic carbocycles. The Morgan fingerprint density at radius 1 is 0.923 bits per heavy atom. The summed E-state index contributed by atoms with van der Waals surface area (Å²) in [6, 6.07) is 0. The highest BCUT2D eigenvalue weighted by Crippen LogP contribution is 2.18. The molecular formula is C9H20F2N2. The molecule has 1 fully saturated rings. The van der Waals surface area contributed by atoms with Gasteiger partial charge in [0.15, 0.2) is 0 Å². The van der Waals surface area contributed by atoms with Crippen LogP contribution >= 0.6 is 0 Å². The van der Waals surface area contributed by atoms with Crippen molar-refractivity contribution >= 4 is 0 Å². The van der Waals surface area contributed by atoms with Crippen molar-refractivity contribution in [2.75, 3.05) is 40.3 Å². The van der Waals surface area contributed by atoms with Crippen molar-refractivity contribution in [3.63, 3.8) is 0 Å². The number of hydrogen-bond donors (Lipinski definition) is 0. The first kappa shape index (κ1) is 12.8. The van der Waals surface area contributed by atoms with Crippen LogP contribution in [0.5, 0.6) is 0 Å². The quantitative estimate of drug-likeness (QED) is 0.577. The minimum Gasteiger partial charge on any atom is -0.299 e. The van der Waals surface area contributed by atoms with E-state index in [4.69, 9.17) is 0 Å². The van der Waals surface area contributed by atoms with Gasteiger partial charge in [0.1, 0.15) is 0 Å². The van der Waals surface area contributed by atoms with Crippen LogP contribution in [0.25, 0.3) is 0 Å². The number of hydrogen-bond acceptors (Lipinski definition) is 2. The zero-order valence-corrected chi connectivity index (χ0v) is 8.98. The van der Waals surface area contributed by atoms with Crippen LogP contribution in [-0.2, 0) is 0 Å². The van der Waals surface area contributed by atoms with Crippen LogP contribution in [0, 0.1) is 0 Å². The molecule has 2 nitrogen and oxygen atoms in total. The van der Waals surface area contributed by atoms with Crippen LogP contribution in [0.1, 0.15) is 13.8 Å². The third kappa shape index (κ3) is 5.16. The zero-order chi connectivity index (χ0) is 10.5. The first-order valence-corrected chi connectivity index (χ1v) is 4.74. The molecule has 0 bridgehead atoms. The van der Waals surface area contributed by atoms with E-state index in [-0.39, 0.29) is 13.1 Å². The number of alkyl halides is 2. The number of likely N-dealkylation sites (N-methyl/N-ethyl adjacent to an activating group) is 2. The van der Waals surface area contributed by atoms with Gasteiger partial charge in [0.05, 0.1) is 13.1 Å². The highest BCUT2D eigenvalue weighted by Gasteiger charge is 2.34. The normalized spacial score (nSPS) is 24.5. The fourth-order valence-electron chi connectivity index (χ4n) is 1.34. The third-order valence-corrected chi connectivity index (χ3v) is 1.87. The van der Waals surface area contributed by atoms with Crippen molar-refractivity contribution in [2.24, 2.45) is 0 Å². The fourth-order valence-corrected chi connectivity index (χ4v) is 1.34. The molecule has 4 heteroatoms. The third-order valence-electron chi connectivity index (χ3n) is 1.87. The van der Waals surface area contributed by atoms with E-state index in [1.165, 1.54) is 0 Å². The predicted molar refractivity (Wildman–Crippen MR) is 51.3 cm³/mol. The summed E-state index contributed by atoms with van der Waals surface area (Å²) in [5, 5.41) is 0. The number of halogens is 2. The maximum absolute atomic E-state index is 12.9. The second-order valence-corrected chi connectivity index (χ2v) is 3.33. The molecule has 0 N–H and O–H groups in total.